The second-order valence-corrected chi connectivity index (χ2v) is 7.29. The minimum absolute atomic E-state index is 0. The molecule has 3 heteroatoms. The molecule has 0 radical (unpaired) electrons. The van der Waals surface area contributed by atoms with Gasteiger partial charge in [0.2, 0.25) is 0 Å². The van der Waals surface area contributed by atoms with Crippen molar-refractivity contribution in [2.75, 3.05) is 0 Å². The van der Waals surface area contributed by atoms with Gasteiger partial charge in [-0.3, -0.25) is 0 Å². The summed E-state index contributed by atoms with van der Waals surface area (Å²) in [6, 6.07) is 32.3. The van der Waals surface area contributed by atoms with Crippen LogP contribution in [0, 0.1) is 0 Å². The minimum Gasteiger partial charge on any atom is -0.319 e. The lowest BCUT2D eigenvalue weighted by Gasteiger charge is -2.37. The molecule has 0 atom stereocenters. The zero-order valence-corrected chi connectivity index (χ0v) is 16.7. The Morgan fingerprint density at radius 2 is 1.11 bits per heavy atom. The summed E-state index contributed by atoms with van der Waals surface area (Å²) in [4.78, 5) is 4.78. The highest BCUT2D eigenvalue weighted by atomic mass is 32.1. The summed E-state index contributed by atoms with van der Waals surface area (Å²) in [5, 5.41) is 0. The van der Waals surface area contributed by atoms with Crippen molar-refractivity contribution in [1.82, 2.24) is 9.55 Å². The van der Waals surface area contributed by atoms with E-state index in [1.807, 2.05) is 6.33 Å². The fraction of sp³-hybridized carbons (Fsp3) is 0.160. The maximum Gasteiger partial charge on any atom is 0.121 e. The van der Waals surface area contributed by atoms with Crippen LogP contribution in [0.3, 0.4) is 0 Å². The Kier molecular flexibility index (Phi) is 5.10. The Hall–Kier alpha value is -2.78. The van der Waals surface area contributed by atoms with Gasteiger partial charge in [0.15, 0.2) is 0 Å². The van der Waals surface area contributed by atoms with Crippen molar-refractivity contribution in [3.05, 3.63) is 126 Å². The first-order valence-corrected chi connectivity index (χ1v) is 9.60. The molecular formula is C25H24N2S. The molecule has 1 aliphatic rings. The van der Waals surface area contributed by atoms with Gasteiger partial charge in [0.05, 0.1) is 12.0 Å². The molecular weight excluding hydrogens is 360 g/mol. The first-order valence-electron chi connectivity index (χ1n) is 9.60. The highest BCUT2D eigenvalue weighted by Gasteiger charge is 2.39. The van der Waals surface area contributed by atoms with Gasteiger partial charge in [0.1, 0.15) is 5.54 Å². The number of aromatic nitrogens is 2. The van der Waals surface area contributed by atoms with Gasteiger partial charge < -0.3 is 4.57 Å². The van der Waals surface area contributed by atoms with Gasteiger partial charge in [-0.15, -0.1) is 0 Å². The molecule has 4 aromatic rings. The van der Waals surface area contributed by atoms with E-state index in [0.717, 1.165) is 0 Å². The number of hydrogen-bond acceptors (Lipinski definition) is 1. The molecule has 1 heterocycles. The molecule has 0 bridgehead atoms. The van der Waals surface area contributed by atoms with E-state index in [-0.39, 0.29) is 13.5 Å². The fourth-order valence-corrected chi connectivity index (χ4v) is 4.10. The summed E-state index contributed by atoms with van der Waals surface area (Å²) in [6.45, 7) is 0. The summed E-state index contributed by atoms with van der Waals surface area (Å²) in [7, 11) is 0. The Morgan fingerprint density at radius 1 is 0.679 bits per heavy atom. The topological polar surface area (TPSA) is 17.8 Å². The van der Waals surface area contributed by atoms with Crippen molar-refractivity contribution in [2.24, 2.45) is 0 Å². The molecule has 2 nitrogen and oxygen atoms in total. The number of nitrogens with zero attached hydrogens (tertiary/aromatic N) is 2. The van der Waals surface area contributed by atoms with Crippen molar-refractivity contribution in [1.29, 1.82) is 0 Å². The molecule has 140 valence electrons. The number of hydrogen-bond donors (Lipinski definition) is 0. The maximum absolute atomic E-state index is 4.78. The van der Waals surface area contributed by atoms with Gasteiger partial charge in [0, 0.05) is 12.1 Å². The maximum atomic E-state index is 4.78. The number of benzene rings is 3. The molecule has 28 heavy (non-hydrogen) atoms. The molecule has 0 spiro atoms. The van der Waals surface area contributed by atoms with Crippen molar-refractivity contribution in [3.63, 3.8) is 0 Å². The highest BCUT2D eigenvalue weighted by molar-refractivity contribution is 7.59. The Morgan fingerprint density at radius 3 is 1.50 bits per heavy atom. The normalized spacial score (nSPS) is 13.7. The molecule has 1 fully saturated rings. The monoisotopic (exact) mass is 384 g/mol. The van der Waals surface area contributed by atoms with E-state index in [1.54, 1.807) is 0 Å². The molecule has 0 N–H and O–H groups in total. The van der Waals surface area contributed by atoms with Crippen LogP contribution < -0.4 is 0 Å². The van der Waals surface area contributed by atoms with Crippen LogP contribution in [-0.2, 0) is 5.54 Å². The van der Waals surface area contributed by atoms with Crippen molar-refractivity contribution < 1.29 is 0 Å². The largest absolute Gasteiger partial charge is 0.319 e. The quantitative estimate of drug-likeness (QED) is 0.403. The minimum atomic E-state index is -0.441. The molecule has 1 aliphatic carbocycles. The Balaban J connectivity index is 0.00000192. The Bertz CT molecular complexity index is 925. The van der Waals surface area contributed by atoms with Crippen LogP contribution in [0.1, 0.15) is 41.1 Å². The predicted octanol–water partition coefficient (Wildman–Crippen LogP) is 5.71. The lowest BCUT2D eigenvalue weighted by atomic mass is 9.77. The molecule has 0 unspecified atom stereocenters. The van der Waals surface area contributed by atoms with E-state index >= 15 is 0 Å². The predicted molar refractivity (Wildman–Crippen MR) is 119 cm³/mol. The summed E-state index contributed by atoms with van der Waals surface area (Å²) in [5.41, 5.74) is 4.48. The third-order valence-corrected chi connectivity index (χ3v) is 5.56. The molecule has 1 saturated carbocycles. The lowest BCUT2D eigenvalue weighted by molar-refractivity contribution is 0.514. The van der Waals surface area contributed by atoms with Crippen molar-refractivity contribution in [3.8, 4) is 0 Å². The second kappa shape index (κ2) is 7.69. The van der Waals surface area contributed by atoms with Gasteiger partial charge in [0.25, 0.3) is 0 Å². The van der Waals surface area contributed by atoms with E-state index in [1.165, 1.54) is 35.2 Å². The third kappa shape index (κ3) is 3.06. The average Bonchev–Trinajstić information content (AvgIpc) is 3.49. The lowest BCUT2D eigenvalue weighted by Crippen LogP contribution is -2.36. The molecule has 1 aromatic heterocycles. The van der Waals surface area contributed by atoms with Crippen LogP contribution >= 0.6 is 13.5 Å². The van der Waals surface area contributed by atoms with Gasteiger partial charge in [-0.25, -0.2) is 4.98 Å². The van der Waals surface area contributed by atoms with Gasteiger partial charge in [-0.1, -0.05) is 91.0 Å². The third-order valence-electron chi connectivity index (χ3n) is 5.56. The summed E-state index contributed by atoms with van der Waals surface area (Å²) >= 11 is 0. The molecule has 0 saturated heterocycles. The van der Waals surface area contributed by atoms with E-state index < -0.39 is 5.54 Å². The van der Waals surface area contributed by atoms with Crippen LogP contribution in [0.25, 0.3) is 0 Å². The fourth-order valence-electron chi connectivity index (χ4n) is 4.10. The highest BCUT2D eigenvalue weighted by Crippen LogP contribution is 2.43. The van der Waals surface area contributed by atoms with E-state index in [9.17, 15) is 0 Å². The summed E-state index contributed by atoms with van der Waals surface area (Å²) in [6.07, 6.45) is 6.78. The van der Waals surface area contributed by atoms with Crippen LogP contribution in [-0.4, -0.2) is 9.55 Å². The Labute approximate surface area is 173 Å². The van der Waals surface area contributed by atoms with E-state index in [2.05, 4.69) is 102 Å². The zero-order valence-electron chi connectivity index (χ0n) is 15.7. The summed E-state index contributed by atoms with van der Waals surface area (Å²) in [5.74, 6) is 0.631. The standard InChI is InChI=1S/C25H22N2.H2S/c1-4-10-21(11-5-1)25(22-12-6-2-7-13-22,23-14-8-3-9-15-23)27-18-24(26-19-27)20-16-17-20;/h1-15,18-20H,16-17H2;1H2. The van der Waals surface area contributed by atoms with Crippen molar-refractivity contribution in [2.45, 2.75) is 24.3 Å². The SMILES string of the molecule is S.c1ccc(C(c2ccccc2)(c2ccccc2)n2cnc(C3CC3)c2)cc1. The van der Waals surface area contributed by atoms with Crippen LogP contribution in [0.4, 0.5) is 0 Å². The van der Waals surface area contributed by atoms with Crippen LogP contribution in [0.15, 0.2) is 104 Å². The zero-order chi connectivity index (χ0) is 18.1. The van der Waals surface area contributed by atoms with Crippen LogP contribution in [0.2, 0.25) is 0 Å². The van der Waals surface area contributed by atoms with Crippen LogP contribution in [0.5, 0.6) is 0 Å². The van der Waals surface area contributed by atoms with Crippen molar-refractivity contribution >= 4 is 13.5 Å². The average molecular weight is 385 g/mol. The second-order valence-electron chi connectivity index (χ2n) is 7.29. The summed E-state index contributed by atoms with van der Waals surface area (Å²) < 4.78 is 2.31. The first-order chi connectivity index (χ1) is 13.4. The number of imidazole rings is 1. The van der Waals surface area contributed by atoms with E-state index in [4.69, 9.17) is 4.98 Å². The number of rotatable bonds is 5. The van der Waals surface area contributed by atoms with Gasteiger partial charge >= 0.3 is 0 Å². The van der Waals surface area contributed by atoms with Gasteiger partial charge in [-0.2, -0.15) is 13.5 Å². The first kappa shape index (κ1) is 18.6. The van der Waals surface area contributed by atoms with Gasteiger partial charge in [-0.05, 0) is 29.5 Å². The molecule has 0 aliphatic heterocycles. The molecule has 5 rings (SSSR count). The smallest absolute Gasteiger partial charge is 0.121 e. The van der Waals surface area contributed by atoms with E-state index in [0.29, 0.717) is 5.92 Å². The molecule has 0 amide bonds. The molecule has 3 aromatic carbocycles.